The highest BCUT2D eigenvalue weighted by molar-refractivity contribution is 4.86. The van der Waals surface area contributed by atoms with Crippen molar-refractivity contribution < 1.29 is 4.52 Å². The minimum Gasteiger partial charge on any atom is -0.343 e. The largest absolute Gasteiger partial charge is 0.343 e. The molecule has 1 aliphatic rings. The summed E-state index contributed by atoms with van der Waals surface area (Å²) in [6, 6.07) is 0.659. The van der Waals surface area contributed by atoms with Gasteiger partial charge in [0.1, 0.15) is 0 Å². The Kier molecular flexibility index (Phi) is 3.90. The van der Waals surface area contributed by atoms with Crippen LogP contribution < -0.4 is 5.32 Å². The van der Waals surface area contributed by atoms with Crippen molar-refractivity contribution in [3.05, 3.63) is 12.2 Å². The van der Waals surface area contributed by atoms with E-state index in [0.717, 1.165) is 32.0 Å². The average Bonchev–Trinajstić information content (AvgIpc) is 2.75. The first-order chi connectivity index (χ1) is 7.79. The monoisotopic (exact) mass is 224 g/mol. The third kappa shape index (κ3) is 2.80. The molecule has 0 amide bonds. The fourth-order valence-corrected chi connectivity index (χ4v) is 2.40. The minimum atomic E-state index is 0.659. The lowest BCUT2D eigenvalue weighted by atomic mass is 9.94. The van der Waals surface area contributed by atoms with E-state index in [9.17, 15) is 0 Å². The second kappa shape index (κ2) is 5.41. The van der Waals surface area contributed by atoms with Crippen molar-refractivity contribution in [2.24, 2.45) is 5.92 Å². The van der Waals surface area contributed by atoms with Crippen LogP contribution in [0.2, 0.25) is 0 Å². The summed E-state index contributed by atoms with van der Waals surface area (Å²) in [6.07, 6.45) is 2.59. The number of aromatic nitrogens is 2. The number of nitrogens with zero attached hydrogens (tertiary/aromatic N) is 3. The zero-order chi connectivity index (χ0) is 11.4. The topological polar surface area (TPSA) is 54.2 Å². The van der Waals surface area contributed by atoms with Crippen LogP contribution >= 0.6 is 0 Å². The molecule has 1 saturated heterocycles. The Morgan fingerprint density at radius 1 is 1.62 bits per heavy atom. The highest BCUT2D eigenvalue weighted by Gasteiger charge is 2.25. The standard InChI is InChI=1S/C11H20N4O/c1-3-12-10-4-5-15(6-9(10)2)7-11-13-8-16-14-11/h8-10,12H,3-7H2,1-2H3. The number of hydrogen-bond acceptors (Lipinski definition) is 5. The van der Waals surface area contributed by atoms with E-state index in [1.807, 2.05) is 0 Å². The van der Waals surface area contributed by atoms with Gasteiger partial charge in [-0.25, -0.2) is 0 Å². The fourth-order valence-electron chi connectivity index (χ4n) is 2.40. The Bertz CT molecular complexity index is 301. The summed E-state index contributed by atoms with van der Waals surface area (Å²) in [7, 11) is 0. The molecule has 0 radical (unpaired) electrons. The van der Waals surface area contributed by atoms with E-state index < -0.39 is 0 Å². The number of rotatable bonds is 4. The highest BCUT2D eigenvalue weighted by atomic mass is 16.5. The molecule has 1 fully saturated rings. The van der Waals surface area contributed by atoms with Crippen LogP contribution in [0.1, 0.15) is 26.1 Å². The molecular formula is C11H20N4O. The lowest BCUT2D eigenvalue weighted by Gasteiger charge is -2.36. The van der Waals surface area contributed by atoms with E-state index in [-0.39, 0.29) is 0 Å². The number of likely N-dealkylation sites (tertiary alicyclic amines) is 1. The maximum Gasteiger partial charge on any atom is 0.213 e. The van der Waals surface area contributed by atoms with Crippen LogP contribution in [0.4, 0.5) is 0 Å². The van der Waals surface area contributed by atoms with Gasteiger partial charge in [0.25, 0.3) is 0 Å². The van der Waals surface area contributed by atoms with Crippen LogP contribution in [0.15, 0.2) is 10.9 Å². The van der Waals surface area contributed by atoms with Gasteiger partial charge in [0.05, 0.1) is 6.54 Å². The lowest BCUT2D eigenvalue weighted by molar-refractivity contribution is 0.138. The van der Waals surface area contributed by atoms with Gasteiger partial charge >= 0.3 is 0 Å². The van der Waals surface area contributed by atoms with Crippen molar-refractivity contribution in [3.63, 3.8) is 0 Å². The molecule has 2 unspecified atom stereocenters. The van der Waals surface area contributed by atoms with Gasteiger partial charge in [0.2, 0.25) is 6.39 Å². The molecule has 0 aromatic carbocycles. The van der Waals surface area contributed by atoms with E-state index in [1.165, 1.54) is 12.8 Å². The third-order valence-electron chi connectivity index (χ3n) is 3.23. The van der Waals surface area contributed by atoms with Crippen molar-refractivity contribution in [2.45, 2.75) is 32.9 Å². The van der Waals surface area contributed by atoms with Gasteiger partial charge in [0, 0.05) is 19.1 Å². The van der Waals surface area contributed by atoms with Gasteiger partial charge in [-0.2, -0.15) is 4.98 Å². The molecule has 1 aliphatic heterocycles. The molecule has 16 heavy (non-hydrogen) atoms. The van der Waals surface area contributed by atoms with Crippen LogP contribution in [0, 0.1) is 5.92 Å². The second-order valence-electron chi connectivity index (χ2n) is 4.51. The molecule has 5 heteroatoms. The zero-order valence-electron chi connectivity index (χ0n) is 10.0. The van der Waals surface area contributed by atoms with Crippen molar-refractivity contribution in [2.75, 3.05) is 19.6 Å². The predicted molar refractivity (Wildman–Crippen MR) is 60.8 cm³/mol. The maximum absolute atomic E-state index is 4.74. The van der Waals surface area contributed by atoms with Gasteiger partial charge in [-0.05, 0) is 18.9 Å². The lowest BCUT2D eigenvalue weighted by Crippen LogP contribution is -2.47. The number of hydrogen-bond donors (Lipinski definition) is 1. The Balaban J connectivity index is 1.82. The molecule has 2 atom stereocenters. The molecule has 2 rings (SSSR count). The van der Waals surface area contributed by atoms with Gasteiger partial charge < -0.3 is 9.84 Å². The SMILES string of the molecule is CCNC1CCN(Cc2ncon2)CC1C. The molecule has 1 aromatic rings. The van der Waals surface area contributed by atoms with E-state index in [1.54, 1.807) is 0 Å². The summed E-state index contributed by atoms with van der Waals surface area (Å²) >= 11 is 0. The quantitative estimate of drug-likeness (QED) is 0.823. The summed E-state index contributed by atoms with van der Waals surface area (Å²) in [4.78, 5) is 6.45. The first-order valence-corrected chi connectivity index (χ1v) is 6.00. The van der Waals surface area contributed by atoms with Crippen LogP contribution in [-0.2, 0) is 6.54 Å². The minimum absolute atomic E-state index is 0.659. The summed E-state index contributed by atoms with van der Waals surface area (Å²) in [5, 5.41) is 7.38. The summed E-state index contributed by atoms with van der Waals surface area (Å²) in [5.41, 5.74) is 0. The Hall–Kier alpha value is -0.940. The zero-order valence-corrected chi connectivity index (χ0v) is 10.0. The number of nitrogens with one attached hydrogen (secondary N) is 1. The molecule has 0 bridgehead atoms. The van der Waals surface area contributed by atoms with Gasteiger partial charge in [-0.3, -0.25) is 4.90 Å². The molecule has 5 nitrogen and oxygen atoms in total. The molecule has 2 heterocycles. The van der Waals surface area contributed by atoms with Crippen LogP contribution in [-0.4, -0.2) is 40.7 Å². The van der Waals surface area contributed by atoms with Crippen LogP contribution in [0.25, 0.3) is 0 Å². The van der Waals surface area contributed by atoms with E-state index in [0.29, 0.717) is 12.0 Å². The first-order valence-electron chi connectivity index (χ1n) is 6.00. The van der Waals surface area contributed by atoms with Crippen molar-refractivity contribution >= 4 is 0 Å². The molecule has 1 N–H and O–H groups in total. The van der Waals surface area contributed by atoms with Gasteiger partial charge in [-0.15, -0.1) is 0 Å². The van der Waals surface area contributed by atoms with E-state index in [2.05, 4.69) is 34.2 Å². The smallest absolute Gasteiger partial charge is 0.213 e. The molecule has 0 spiro atoms. The summed E-state index contributed by atoms with van der Waals surface area (Å²) in [6.45, 7) is 8.54. The Morgan fingerprint density at radius 3 is 3.12 bits per heavy atom. The number of piperidine rings is 1. The summed E-state index contributed by atoms with van der Waals surface area (Å²) < 4.78 is 4.74. The normalized spacial score (nSPS) is 27.1. The molecule has 90 valence electrons. The highest BCUT2D eigenvalue weighted by Crippen LogP contribution is 2.17. The van der Waals surface area contributed by atoms with E-state index in [4.69, 9.17) is 4.52 Å². The fraction of sp³-hybridized carbons (Fsp3) is 0.818. The van der Waals surface area contributed by atoms with Crippen molar-refractivity contribution in [1.29, 1.82) is 0 Å². The molecule has 0 aliphatic carbocycles. The van der Waals surface area contributed by atoms with Gasteiger partial charge in [-0.1, -0.05) is 19.0 Å². The van der Waals surface area contributed by atoms with Crippen LogP contribution in [0.3, 0.4) is 0 Å². The third-order valence-corrected chi connectivity index (χ3v) is 3.23. The summed E-state index contributed by atoms with van der Waals surface area (Å²) in [5.74, 6) is 1.47. The van der Waals surface area contributed by atoms with Gasteiger partial charge in [0.15, 0.2) is 5.82 Å². The molecular weight excluding hydrogens is 204 g/mol. The van der Waals surface area contributed by atoms with Crippen molar-refractivity contribution in [3.8, 4) is 0 Å². The Morgan fingerprint density at radius 2 is 2.50 bits per heavy atom. The molecule has 1 aromatic heterocycles. The predicted octanol–water partition coefficient (Wildman–Crippen LogP) is 0.889. The van der Waals surface area contributed by atoms with E-state index >= 15 is 0 Å². The van der Waals surface area contributed by atoms with Crippen LogP contribution in [0.5, 0.6) is 0 Å². The molecule has 0 saturated carbocycles. The Labute approximate surface area is 96.2 Å². The average molecular weight is 224 g/mol. The van der Waals surface area contributed by atoms with Crippen molar-refractivity contribution in [1.82, 2.24) is 20.4 Å². The maximum atomic E-state index is 4.74. The first kappa shape index (κ1) is 11.5. The second-order valence-corrected chi connectivity index (χ2v) is 4.51.